The molecule has 0 amide bonds. The van der Waals surface area contributed by atoms with E-state index in [1.165, 1.54) is 18.4 Å². The third-order valence-corrected chi connectivity index (χ3v) is 4.03. The van der Waals surface area contributed by atoms with Gasteiger partial charge in [-0.15, -0.1) is 0 Å². The van der Waals surface area contributed by atoms with Gasteiger partial charge in [0.25, 0.3) is 0 Å². The highest BCUT2D eigenvalue weighted by molar-refractivity contribution is 5.63. The first kappa shape index (κ1) is 12.9. The smallest absolute Gasteiger partial charge is 0.130 e. The second-order valence-corrected chi connectivity index (χ2v) is 5.56. The second kappa shape index (κ2) is 5.93. The van der Waals surface area contributed by atoms with Crippen molar-refractivity contribution < 1.29 is 9.15 Å². The number of furan rings is 1. The van der Waals surface area contributed by atoms with E-state index in [4.69, 9.17) is 9.15 Å². The summed E-state index contributed by atoms with van der Waals surface area (Å²) in [5, 5.41) is 0. The van der Waals surface area contributed by atoms with Crippen molar-refractivity contribution in [2.45, 2.75) is 32.3 Å². The average Bonchev–Trinajstić information content (AvgIpc) is 3.13. The third kappa shape index (κ3) is 3.28. The summed E-state index contributed by atoms with van der Waals surface area (Å²) in [7, 11) is 0. The quantitative estimate of drug-likeness (QED) is 0.786. The van der Waals surface area contributed by atoms with E-state index in [-0.39, 0.29) is 0 Å². The van der Waals surface area contributed by atoms with Crippen LogP contribution < -0.4 is 0 Å². The van der Waals surface area contributed by atoms with Gasteiger partial charge < -0.3 is 9.15 Å². The van der Waals surface area contributed by atoms with Crippen molar-refractivity contribution in [2.24, 2.45) is 5.92 Å². The highest BCUT2D eigenvalue weighted by atomic mass is 16.5. The van der Waals surface area contributed by atoms with Gasteiger partial charge in [0.1, 0.15) is 5.76 Å². The maximum absolute atomic E-state index is 5.91. The van der Waals surface area contributed by atoms with Gasteiger partial charge in [0.2, 0.25) is 0 Å². The molecular formula is C16H23NO2. The molecule has 1 unspecified atom stereocenters. The van der Waals surface area contributed by atoms with E-state index < -0.39 is 0 Å². The Balaban J connectivity index is 1.59. The Hall–Kier alpha value is -1.06. The first-order chi connectivity index (χ1) is 9.36. The van der Waals surface area contributed by atoms with Gasteiger partial charge in [0, 0.05) is 31.8 Å². The van der Waals surface area contributed by atoms with E-state index in [1.807, 2.05) is 6.07 Å². The van der Waals surface area contributed by atoms with Crippen LogP contribution in [0.25, 0.3) is 5.57 Å². The number of hydrogen-bond donors (Lipinski definition) is 0. The fraction of sp³-hybridized carbons (Fsp3) is 0.625. The fourth-order valence-electron chi connectivity index (χ4n) is 2.88. The molecule has 3 heteroatoms. The lowest BCUT2D eigenvalue weighted by atomic mass is 10.1. The van der Waals surface area contributed by atoms with Crippen LogP contribution in [0.15, 0.2) is 28.9 Å². The Bertz CT molecular complexity index is 420. The zero-order chi connectivity index (χ0) is 13.1. The lowest BCUT2D eigenvalue weighted by Crippen LogP contribution is -2.38. The molecule has 104 valence electrons. The Morgan fingerprint density at radius 2 is 2.37 bits per heavy atom. The molecule has 1 aliphatic heterocycles. The molecule has 19 heavy (non-hydrogen) atoms. The molecule has 0 spiro atoms. The van der Waals surface area contributed by atoms with Crippen LogP contribution in [-0.4, -0.2) is 37.2 Å². The van der Waals surface area contributed by atoms with E-state index >= 15 is 0 Å². The van der Waals surface area contributed by atoms with Crippen LogP contribution in [0.1, 0.15) is 31.9 Å². The highest BCUT2D eigenvalue weighted by Crippen LogP contribution is 2.35. The van der Waals surface area contributed by atoms with Crippen molar-refractivity contribution in [3.8, 4) is 0 Å². The topological polar surface area (TPSA) is 25.6 Å². The summed E-state index contributed by atoms with van der Waals surface area (Å²) < 4.78 is 11.4. The minimum absolute atomic E-state index is 0.431. The van der Waals surface area contributed by atoms with Gasteiger partial charge in [-0.1, -0.05) is 6.08 Å². The molecule has 1 saturated carbocycles. The molecule has 3 rings (SSSR count). The lowest BCUT2D eigenvalue weighted by molar-refractivity contribution is 0.0219. The molecule has 0 aromatic carbocycles. The van der Waals surface area contributed by atoms with Crippen LogP contribution in [0.2, 0.25) is 0 Å². The van der Waals surface area contributed by atoms with Gasteiger partial charge in [-0.05, 0) is 44.2 Å². The van der Waals surface area contributed by atoms with Crippen molar-refractivity contribution in [2.75, 3.05) is 26.2 Å². The molecule has 0 saturated heterocycles. The van der Waals surface area contributed by atoms with Crippen LogP contribution in [0.5, 0.6) is 0 Å². The van der Waals surface area contributed by atoms with E-state index in [9.17, 15) is 0 Å². The van der Waals surface area contributed by atoms with E-state index in [0.29, 0.717) is 6.10 Å². The monoisotopic (exact) mass is 261 g/mol. The lowest BCUT2D eigenvalue weighted by Gasteiger charge is -2.30. The molecule has 2 heterocycles. The molecule has 1 fully saturated rings. The van der Waals surface area contributed by atoms with Gasteiger partial charge in [-0.25, -0.2) is 0 Å². The van der Waals surface area contributed by atoms with Crippen LogP contribution in [-0.2, 0) is 4.74 Å². The summed E-state index contributed by atoms with van der Waals surface area (Å²) in [5.41, 5.74) is 1.32. The van der Waals surface area contributed by atoms with Gasteiger partial charge in [-0.3, -0.25) is 4.90 Å². The molecule has 0 bridgehead atoms. The predicted octanol–water partition coefficient (Wildman–Crippen LogP) is 3.18. The predicted molar refractivity (Wildman–Crippen MR) is 75.9 cm³/mol. The summed E-state index contributed by atoms with van der Waals surface area (Å²) >= 11 is 0. The Kier molecular flexibility index (Phi) is 4.04. The minimum atomic E-state index is 0.431. The zero-order valence-electron chi connectivity index (χ0n) is 11.7. The maximum Gasteiger partial charge on any atom is 0.130 e. The number of nitrogens with zero attached hydrogens (tertiary/aromatic N) is 1. The summed E-state index contributed by atoms with van der Waals surface area (Å²) in [5.74, 6) is 1.82. The number of ether oxygens (including phenoxy) is 1. The zero-order valence-corrected chi connectivity index (χ0v) is 11.7. The molecule has 1 aromatic rings. The molecule has 0 radical (unpaired) electrons. The van der Waals surface area contributed by atoms with Crippen molar-refractivity contribution in [1.29, 1.82) is 0 Å². The summed E-state index contributed by atoms with van der Waals surface area (Å²) in [6, 6.07) is 4.01. The molecule has 3 nitrogen and oxygen atoms in total. The van der Waals surface area contributed by atoms with Crippen molar-refractivity contribution >= 4 is 5.57 Å². The third-order valence-electron chi connectivity index (χ3n) is 4.03. The fourth-order valence-corrected chi connectivity index (χ4v) is 2.88. The van der Waals surface area contributed by atoms with Gasteiger partial charge in [0.15, 0.2) is 0 Å². The molecule has 1 aromatic heterocycles. The van der Waals surface area contributed by atoms with Crippen LogP contribution >= 0.6 is 0 Å². The first-order valence-corrected chi connectivity index (χ1v) is 7.43. The Labute approximate surface area is 115 Å². The molecule has 2 aliphatic rings. The van der Waals surface area contributed by atoms with Gasteiger partial charge >= 0.3 is 0 Å². The van der Waals surface area contributed by atoms with Crippen molar-refractivity contribution in [3.63, 3.8) is 0 Å². The number of hydrogen-bond acceptors (Lipinski definition) is 3. The van der Waals surface area contributed by atoms with E-state index in [0.717, 1.165) is 44.3 Å². The van der Waals surface area contributed by atoms with Crippen LogP contribution in [0, 0.1) is 5.92 Å². The average molecular weight is 261 g/mol. The second-order valence-electron chi connectivity index (χ2n) is 5.56. The SMILES string of the molecule is CCOC(CN1CCC=C(c2ccco2)C1)C1CC1. The molecule has 0 N–H and O–H groups in total. The Morgan fingerprint density at radius 3 is 3.05 bits per heavy atom. The molecular weight excluding hydrogens is 238 g/mol. The highest BCUT2D eigenvalue weighted by Gasteiger charge is 2.33. The van der Waals surface area contributed by atoms with Crippen molar-refractivity contribution in [3.05, 3.63) is 30.2 Å². The summed E-state index contributed by atoms with van der Waals surface area (Å²) in [6.45, 7) is 6.12. The standard InChI is InChI=1S/C16H23NO2/c1-2-18-16(13-7-8-13)12-17-9-3-5-14(11-17)15-6-4-10-19-15/h4-6,10,13,16H,2-3,7-9,11-12H2,1H3. The number of rotatable bonds is 6. The van der Waals surface area contributed by atoms with Crippen molar-refractivity contribution in [1.82, 2.24) is 4.90 Å². The molecule has 1 aliphatic carbocycles. The summed E-state index contributed by atoms with van der Waals surface area (Å²) in [4.78, 5) is 2.51. The molecule has 1 atom stereocenters. The normalized spacial score (nSPS) is 22.3. The first-order valence-electron chi connectivity index (χ1n) is 7.43. The van der Waals surface area contributed by atoms with E-state index in [1.54, 1.807) is 6.26 Å². The summed E-state index contributed by atoms with van der Waals surface area (Å²) in [6.07, 6.45) is 8.30. The largest absolute Gasteiger partial charge is 0.465 e. The van der Waals surface area contributed by atoms with Crippen LogP contribution in [0.4, 0.5) is 0 Å². The van der Waals surface area contributed by atoms with Crippen LogP contribution in [0.3, 0.4) is 0 Å². The Morgan fingerprint density at radius 1 is 1.47 bits per heavy atom. The van der Waals surface area contributed by atoms with E-state index in [2.05, 4.69) is 24.0 Å². The van der Waals surface area contributed by atoms with Gasteiger partial charge in [-0.2, -0.15) is 0 Å². The minimum Gasteiger partial charge on any atom is -0.465 e. The maximum atomic E-state index is 5.91. The van der Waals surface area contributed by atoms with Gasteiger partial charge in [0.05, 0.1) is 12.4 Å².